The molecule has 1 fully saturated rings. The number of aromatic hydroxyl groups is 1. The third-order valence-electron chi connectivity index (χ3n) is 6.10. The number of nitrogens with zero attached hydrogens (tertiary/aromatic N) is 1. The van der Waals surface area contributed by atoms with E-state index < -0.39 is 42.4 Å². The number of esters is 1. The molecule has 1 unspecified atom stereocenters. The Morgan fingerprint density at radius 2 is 2.06 bits per heavy atom. The highest BCUT2D eigenvalue weighted by Gasteiger charge is 2.35. The molecule has 1 amide bonds. The van der Waals surface area contributed by atoms with Gasteiger partial charge in [0.05, 0.1) is 13.2 Å². The third kappa shape index (κ3) is 8.87. The highest BCUT2D eigenvalue weighted by Crippen LogP contribution is 2.30. The molecule has 2 heterocycles. The summed E-state index contributed by atoms with van der Waals surface area (Å²) in [5, 5.41) is 12.8. The number of alkyl halides is 3. The van der Waals surface area contributed by atoms with Gasteiger partial charge in [-0.15, -0.1) is 0 Å². The predicted octanol–water partition coefficient (Wildman–Crippen LogP) is 4.54. The Balaban J connectivity index is 2.11. The molecule has 198 valence electrons. The van der Waals surface area contributed by atoms with Crippen LogP contribution < -0.4 is 10.1 Å². The predicted molar refractivity (Wildman–Crippen MR) is 121 cm³/mol. The first-order valence-electron chi connectivity index (χ1n) is 12.0. The second-order valence-corrected chi connectivity index (χ2v) is 8.74. The monoisotopic (exact) mass is 504 g/mol. The molecule has 1 aromatic rings. The number of hydrogen-bond donors (Lipinski definition) is 2. The standard InChI is InChI=1S/C24H35F3N2O6/c1-4-5-8-16-15(2)35-23(32)17(9-6-10-18(16)34-14-7-12-24(25,26)27)29-22(31)20-21(30)19(33-3)11-13-28-20/h11,13,15-18,30H,4-10,12,14H2,1-3H3,(H,29,31)/t15-,16?,17-,18-/m0/s1. The molecule has 1 aliphatic rings. The second-order valence-electron chi connectivity index (χ2n) is 8.74. The number of carbonyl (C=O) groups excluding carboxylic acids is 2. The minimum atomic E-state index is -4.23. The lowest BCUT2D eigenvalue weighted by Gasteiger charge is -2.31. The molecule has 0 aliphatic carbocycles. The van der Waals surface area contributed by atoms with Gasteiger partial charge in [-0.2, -0.15) is 13.2 Å². The molecule has 0 saturated carbocycles. The van der Waals surface area contributed by atoms with Gasteiger partial charge in [0.2, 0.25) is 0 Å². The van der Waals surface area contributed by atoms with Crippen LogP contribution in [-0.2, 0) is 14.3 Å². The lowest BCUT2D eigenvalue weighted by Crippen LogP contribution is -2.43. The number of aromatic nitrogens is 1. The summed E-state index contributed by atoms with van der Waals surface area (Å²) in [6.45, 7) is 3.73. The molecule has 2 N–H and O–H groups in total. The van der Waals surface area contributed by atoms with Gasteiger partial charge < -0.3 is 24.6 Å². The Morgan fingerprint density at radius 3 is 2.71 bits per heavy atom. The summed E-state index contributed by atoms with van der Waals surface area (Å²) in [4.78, 5) is 29.5. The number of cyclic esters (lactones) is 1. The Hall–Kier alpha value is -2.56. The van der Waals surface area contributed by atoms with E-state index in [9.17, 15) is 27.9 Å². The first-order valence-corrected chi connectivity index (χ1v) is 12.0. The molecule has 1 aliphatic heterocycles. The fraction of sp³-hybridized carbons (Fsp3) is 0.708. The van der Waals surface area contributed by atoms with Crippen LogP contribution in [0.1, 0.15) is 75.7 Å². The molecule has 1 saturated heterocycles. The van der Waals surface area contributed by atoms with Gasteiger partial charge >= 0.3 is 12.1 Å². The summed E-state index contributed by atoms with van der Waals surface area (Å²) in [6.07, 6.45) is -1.19. The lowest BCUT2D eigenvalue weighted by molar-refractivity contribution is -0.157. The van der Waals surface area contributed by atoms with Crippen molar-refractivity contribution in [2.24, 2.45) is 5.92 Å². The third-order valence-corrected chi connectivity index (χ3v) is 6.10. The van der Waals surface area contributed by atoms with Gasteiger partial charge in [0.15, 0.2) is 17.2 Å². The molecule has 35 heavy (non-hydrogen) atoms. The Morgan fingerprint density at radius 1 is 1.31 bits per heavy atom. The number of hydrogen-bond acceptors (Lipinski definition) is 7. The van der Waals surface area contributed by atoms with Gasteiger partial charge in [0, 0.05) is 31.2 Å². The first kappa shape index (κ1) is 28.7. The Kier molecular flexibility index (Phi) is 11.1. The first-order chi connectivity index (χ1) is 16.6. The number of nitrogens with one attached hydrogen (secondary N) is 1. The fourth-order valence-electron chi connectivity index (χ4n) is 4.21. The van der Waals surface area contributed by atoms with E-state index in [1.807, 2.05) is 6.92 Å². The van der Waals surface area contributed by atoms with Crippen LogP contribution in [-0.4, -0.2) is 60.1 Å². The zero-order chi connectivity index (χ0) is 26.0. The number of ether oxygens (including phenoxy) is 3. The largest absolute Gasteiger partial charge is 0.503 e. The van der Waals surface area contributed by atoms with Gasteiger partial charge in [-0.25, -0.2) is 9.78 Å². The van der Waals surface area contributed by atoms with E-state index in [0.29, 0.717) is 19.3 Å². The fourth-order valence-corrected chi connectivity index (χ4v) is 4.21. The summed E-state index contributed by atoms with van der Waals surface area (Å²) in [7, 11) is 1.34. The number of amides is 1. The van der Waals surface area contributed by atoms with E-state index in [-0.39, 0.29) is 42.9 Å². The van der Waals surface area contributed by atoms with Crippen molar-refractivity contribution in [2.75, 3.05) is 13.7 Å². The van der Waals surface area contributed by atoms with Gasteiger partial charge in [-0.1, -0.05) is 19.8 Å². The van der Waals surface area contributed by atoms with Gasteiger partial charge in [0.25, 0.3) is 5.91 Å². The Bertz CT molecular complexity index is 836. The highest BCUT2D eigenvalue weighted by atomic mass is 19.4. The summed E-state index contributed by atoms with van der Waals surface area (Å²) in [5.74, 6) is -1.92. The van der Waals surface area contributed by atoms with Crippen molar-refractivity contribution in [3.05, 3.63) is 18.0 Å². The van der Waals surface area contributed by atoms with E-state index in [1.54, 1.807) is 6.92 Å². The molecular weight excluding hydrogens is 469 g/mol. The van der Waals surface area contributed by atoms with Crippen molar-refractivity contribution in [1.82, 2.24) is 10.3 Å². The smallest absolute Gasteiger partial charge is 0.389 e. The van der Waals surface area contributed by atoms with Crippen LogP contribution in [0.2, 0.25) is 0 Å². The molecule has 4 atom stereocenters. The number of pyridine rings is 1. The average molecular weight is 505 g/mol. The number of unbranched alkanes of at least 4 members (excludes halogenated alkanes) is 1. The topological polar surface area (TPSA) is 107 Å². The molecule has 11 heteroatoms. The maximum atomic E-state index is 12.9. The SMILES string of the molecule is CCCCC1[C@H](C)OC(=O)[C@@H](NC(=O)c2nccc(OC)c2O)CCC[C@@H]1OCCCC(F)(F)F. The van der Waals surface area contributed by atoms with E-state index in [0.717, 1.165) is 12.8 Å². The second kappa shape index (κ2) is 13.5. The van der Waals surface area contributed by atoms with Crippen LogP contribution in [0.5, 0.6) is 11.5 Å². The summed E-state index contributed by atoms with van der Waals surface area (Å²) in [5.41, 5.74) is -0.281. The van der Waals surface area contributed by atoms with Crippen LogP contribution in [0.15, 0.2) is 12.3 Å². The molecule has 0 spiro atoms. The Labute approximate surface area is 203 Å². The van der Waals surface area contributed by atoms with Crippen molar-refractivity contribution in [1.29, 1.82) is 0 Å². The minimum Gasteiger partial charge on any atom is -0.503 e. The van der Waals surface area contributed by atoms with Gasteiger partial charge in [-0.05, 0) is 39.0 Å². The number of methoxy groups -OCH3 is 1. The van der Waals surface area contributed by atoms with E-state index >= 15 is 0 Å². The van der Waals surface area contributed by atoms with Crippen LogP contribution in [0.25, 0.3) is 0 Å². The van der Waals surface area contributed by atoms with Crippen molar-refractivity contribution in [3.8, 4) is 11.5 Å². The average Bonchev–Trinajstić information content (AvgIpc) is 2.84. The molecule has 1 aromatic heterocycles. The van der Waals surface area contributed by atoms with Crippen molar-refractivity contribution >= 4 is 11.9 Å². The quantitative estimate of drug-likeness (QED) is 0.356. The van der Waals surface area contributed by atoms with Crippen LogP contribution in [0.4, 0.5) is 13.2 Å². The normalized spacial score (nSPS) is 23.5. The summed E-state index contributed by atoms with van der Waals surface area (Å²) in [6, 6.07) is 0.418. The summed E-state index contributed by atoms with van der Waals surface area (Å²) >= 11 is 0. The van der Waals surface area contributed by atoms with Gasteiger partial charge in [0.1, 0.15) is 12.1 Å². The maximum Gasteiger partial charge on any atom is 0.389 e. The molecule has 0 bridgehead atoms. The van der Waals surface area contributed by atoms with Crippen LogP contribution in [0.3, 0.4) is 0 Å². The van der Waals surface area contributed by atoms with E-state index in [4.69, 9.17) is 14.2 Å². The van der Waals surface area contributed by atoms with Crippen LogP contribution >= 0.6 is 0 Å². The van der Waals surface area contributed by atoms with E-state index in [1.165, 1.54) is 19.4 Å². The molecule has 2 rings (SSSR count). The number of halogens is 3. The van der Waals surface area contributed by atoms with Crippen molar-refractivity contribution in [2.45, 2.75) is 89.6 Å². The molecule has 8 nitrogen and oxygen atoms in total. The lowest BCUT2D eigenvalue weighted by atomic mass is 9.88. The molecular formula is C24H35F3N2O6. The maximum absolute atomic E-state index is 12.9. The number of rotatable bonds is 10. The van der Waals surface area contributed by atoms with Crippen LogP contribution in [0, 0.1) is 5.92 Å². The van der Waals surface area contributed by atoms with Crippen molar-refractivity contribution < 1.29 is 42.1 Å². The molecule has 0 aromatic carbocycles. The highest BCUT2D eigenvalue weighted by molar-refractivity contribution is 5.97. The van der Waals surface area contributed by atoms with E-state index in [2.05, 4.69) is 10.3 Å². The number of carbonyl (C=O) groups is 2. The molecule has 0 radical (unpaired) electrons. The summed E-state index contributed by atoms with van der Waals surface area (Å²) < 4.78 is 54.1. The minimum absolute atomic E-state index is 0.0333. The van der Waals surface area contributed by atoms with Crippen molar-refractivity contribution in [3.63, 3.8) is 0 Å². The zero-order valence-corrected chi connectivity index (χ0v) is 20.4. The zero-order valence-electron chi connectivity index (χ0n) is 20.4. The van der Waals surface area contributed by atoms with Gasteiger partial charge in [-0.3, -0.25) is 4.79 Å².